The number of aliphatic carboxylic acids is 1. The molecule has 1 rings (SSSR count). The van der Waals surface area contributed by atoms with E-state index in [1.807, 2.05) is 0 Å². The molecule has 1 saturated carbocycles. The molecule has 0 saturated heterocycles. The van der Waals surface area contributed by atoms with Gasteiger partial charge in [0.1, 0.15) is 5.60 Å². The van der Waals surface area contributed by atoms with E-state index in [0.717, 1.165) is 25.7 Å². The largest absolute Gasteiger partial charge is 0.481 e. The zero-order valence-electron chi connectivity index (χ0n) is 12.5. The summed E-state index contributed by atoms with van der Waals surface area (Å²) in [5, 5.41) is 8.94. The van der Waals surface area contributed by atoms with Crippen LogP contribution < -0.4 is 5.48 Å². The lowest BCUT2D eigenvalue weighted by Crippen LogP contribution is -2.39. The van der Waals surface area contributed by atoms with Gasteiger partial charge in [-0.15, -0.1) is 0 Å². The number of hydrogen-bond donors (Lipinski definition) is 2. The predicted octanol–water partition coefficient (Wildman–Crippen LogP) is 2.87. The number of hydroxylamine groups is 1. The zero-order chi connectivity index (χ0) is 15.2. The molecule has 1 unspecified atom stereocenters. The summed E-state index contributed by atoms with van der Waals surface area (Å²) in [6.07, 6.45) is 3.91. The molecule has 0 radical (unpaired) electrons. The number of amides is 1. The number of carbonyl (C=O) groups excluding carboxylic acids is 1. The molecule has 1 aliphatic rings. The van der Waals surface area contributed by atoms with Crippen LogP contribution in [0, 0.1) is 5.92 Å². The molecule has 2 N–H and O–H groups in total. The molecule has 0 aromatic carbocycles. The molecule has 0 aromatic heterocycles. The van der Waals surface area contributed by atoms with Crippen LogP contribution in [0.4, 0.5) is 4.79 Å². The minimum atomic E-state index is -0.924. The van der Waals surface area contributed by atoms with Gasteiger partial charge in [-0.2, -0.15) is 5.48 Å². The van der Waals surface area contributed by atoms with Crippen molar-refractivity contribution in [3.8, 4) is 0 Å². The predicted molar refractivity (Wildman–Crippen MR) is 73.1 cm³/mol. The van der Waals surface area contributed by atoms with Gasteiger partial charge in [0.15, 0.2) is 0 Å². The van der Waals surface area contributed by atoms with Crippen molar-refractivity contribution in [1.82, 2.24) is 5.48 Å². The summed E-state index contributed by atoms with van der Waals surface area (Å²) in [5.41, 5.74) is 1.61. The van der Waals surface area contributed by atoms with Gasteiger partial charge in [-0.1, -0.05) is 19.3 Å². The standard InChI is InChI=1S/C14H25NO5/c1-14(2,3)19-13(18)15-20-11(9-12(16)17)10-7-5-4-6-8-10/h10-11H,4-9H2,1-3H3,(H,15,18)(H,16,17). The van der Waals surface area contributed by atoms with Gasteiger partial charge in [0.05, 0.1) is 12.5 Å². The van der Waals surface area contributed by atoms with Gasteiger partial charge in [-0.25, -0.2) is 4.79 Å². The van der Waals surface area contributed by atoms with Crippen LogP contribution in [-0.2, 0) is 14.4 Å². The lowest BCUT2D eigenvalue weighted by atomic mass is 9.84. The number of carboxylic acids is 1. The Labute approximate surface area is 119 Å². The summed E-state index contributed by atoms with van der Waals surface area (Å²) >= 11 is 0. The molecular weight excluding hydrogens is 262 g/mol. The summed E-state index contributed by atoms with van der Waals surface area (Å²) in [6.45, 7) is 5.26. The SMILES string of the molecule is CC(C)(C)OC(=O)NOC(CC(=O)O)C1CCCCC1. The van der Waals surface area contributed by atoms with Gasteiger partial charge in [0, 0.05) is 0 Å². The molecule has 116 valence electrons. The summed E-state index contributed by atoms with van der Waals surface area (Å²) in [4.78, 5) is 27.7. The van der Waals surface area contributed by atoms with Gasteiger partial charge in [0.2, 0.25) is 0 Å². The first kappa shape index (κ1) is 16.8. The Kier molecular flexibility index (Phi) is 6.26. The third-order valence-electron chi connectivity index (χ3n) is 3.24. The molecule has 20 heavy (non-hydrogen) atoms. The Hall–Kier alpha value is -1.30. The van der Waals surface area contributed by atoms with E-state index >= 15 is 0 Å². The van der Waals surface area contributed by atoms with Crippen molar-refractivity contribution in [2.75, 3.05) is 0 Å². The van der Waals surface area contributed by atoms with Crippen LogP contribution in [0.2, 0.25) is 0 Å². The van der Waals surface area contributed by atoms with E-state index in [0.29, 0.717) is 0 Å². The molecule has 1 aliphatic carbocycles. The number of ether oxygens (including phenoxy) is 1. The maximum absolute atomic E-state index is 11.5. The highest BCUT2D eigenvalue weighted by Crippen LogP contribution is 2.29. The van der Waals surface area contributed by atoms with E-state index in [4.69, 9.17) is 14.7 Å². The van der Waals surface area contributed by atoms with Gasteiger partial charge in [-0.05, 0) is 39.5 Å². The van der Waals surface area contributed by atoms with E-state index in [1.165, 1.54) is 6.42 Å². The van der Waals surface area contributed by atoms with Crippen LogP contribution in [0.3, 0.4) is 0 Å². The van der Waals surface area contributed by atoms with E-state index < -0.39 is 23.8 Å². The van der Waals surface area contributed by atoms with Crippen molar-refractivity contribution < 1.29 is 24.3 Å². The Morgan fingerprint density at radius 1 is 1.25 bits per heavy atom. The molecule has 0 spiro atoms. The van der Waals surface area contributed by atoms with Crippen LogP contribution in [0.15, 0.2) is 0 Å². The Morgan fingerprint density at radius 2 is 1.85 bits per heavy atom. The minimum Gasteiger partial charge on any atom is -0.481 e. The van der Waals surface area contributed by atoms with Crippen molar-refractivity contribution in [3.05, 3.63) is 0 Å². The monoisotopic (exact) mass is 287 g/mol. The lowest BCUT2D eigenvalue weighted by Gasteiger charge is -2.29. The van der Waals surface area contributed by atoms with Crippen LogP contribution in [0.25, 0.3) is 0 Å². The van der Waals surface area contributed by atoms with Crippen LogP contribution in [0.5, 0.6) is 0 Å². The molecule has 0 bridgehead atoms. The van der Waals surface area contributed by atoms with Crippen LogP contribution >= 0.6 is 0 Å². The fourth-order valence-electron chi connectivity index (χ4n) is 2.41. The molecule has 0 aliphatic heterocycles. The van der Waals surface area contributed by atoms with Gasteiger partial charge >= 0.3 is 12.1 Å². The summed E-state index contributed by atoms with van der Waals surface area (Å²) in [6, 6.07) is 0. The second-order valence-corrected chi connectivity index (χ2v) is 6.26. The molecule has 0 heterocycles. The van der Waals surface area contributed by atoms with E-state index in [-0.39, 0.29) is 12.3 Å². The second kappa shape index (κ2) is 7.47. The first-order chi connectivity index (χ1) is 9.28. The fourth-order valence-corrected chi connectivity index (χ4v) is 2.41. The van der Waals surface area contributed by atoms with Crippen molar-refractivity contribution in [1.29, 1.82) is 0 Å². The minimum absolute atomic E-state index is 0.111. The molecule has 0 aromatic rings. The fraction of sp³-hybridized carbons (Fsp3) is 0.857. The average molecular weight is 287 g/mol. The van der Waals surface area contributed by atoms with Crippen molar-refractivity contribution >= 4 is 12.1 Å². The number of carbonyl (C=O) groups is 2. The average Bonchev–Trinajstić information content (AvgIpc) is 2.33. The van der Waals surface area contributed by atoms with Crippen molar-refractivity contribution in [3.63, 3.8) is 0 Å². The van der Waals surface area contributed by atoms with Crippen LogP contribution in [0.1, 0.15) is 59.3 Å². The second-order valence-electron chi connectivity index (χ2n) is 6.26. The van der Waals surface area contributed by atoms with E-state index in [9.17, 15) is 9.59 Å². The lowest BCUT2D eigenvalue weighted by molar-refractivity contribution is -0.144. The van der Waals surface area contributed by atoms with Crippen molar-refractivity contribution in [2.45, 2.75) is 71.0 Å². The third-order valence-corrected chi connectivity index (χ3v) is 3.24. The van der Waals surface area contributed by atoms with Gasteiger partial charge in [-0.3, -0.25) is 9.63 Å². The highest BCUT2D eigenvalue weighted by molar-refractivity contribution is 5.68. The van der Waals surface area contributed by atoms with E-state index in [1.54, 1.807) is 20.8 Å². The maximum Gasteiger partial charge on any atom is 0.431 e. The Morgan fingerprint density at radius 3 is 2.35 bits per heavy atom. The number of rotatable bonds is 5. The topological polar surface area (TPSA) is 84.9 Å². The zero-order valence-corrected chi connectivity index (χ0v) is 12.5. The number of carboxylic acid groups (broad SMARTS) is 1. The molecule has 6 heteroatoms. The summed E-state index contributed by atoms with van der Waals surface area (Å²) < 4.78 is 5.06. The molecule has 1 atom stereocenters. The van der Waals surface area contributed by atoms with Gasteiger partial charge in [0.25, 0.3) is 0 Å². The number of hydrogen-bond acceptors (Lipinski definition) is 4. The Balaban J connectivity index is 2.47. The van der Waals surface area contributed by atoms with E-state index in [2.05, 4.69) is 5.48 Å². The highest BCUT2D eigenvalue weighted by atomic mass is 16.7. The molecule has 1 fully saturated rings. The Bertz CT molecular complexity index is 331. The van der Waals surface area contributed by atoms with Crippen LogP contribution in [-0.4, -0.2) is 28.9 Å². The molecule has 1 amide bonds. The quantitative estimate of drug-likeness (QED) is 0.759. The smallest absolute Gasteiger partial charge is 0.431 e. The first-order valence-corrected chi connectivity index (χ1v) is 7.14. The maximum atomic E-state index is 11.5. The first-order valence-electron chi connectivity index (χ1n) is 7.14. The number of nitrogens with one attached hydrogen (secondary N) is 1. The highest BCUT2D eigenvalue weighted by Gasteiger charge is 2.28. The van der Waals surface area contributed by atoms with Gasteiger partial charge < -0.3 is 9.84 Å². The van der Waals surface area contributed by atoms with Crippen molar-refractivity contribution in [2.24, 2.45) is 5.92 Å². The summed E-state index contributed by atoms with van der Waals surface area (Å²) in [5.74, 6) is -0.749. The molecule has 6 nitrogen and oxygen atoms in total. The molecular formula is C14H25NO5. The normalized spacial score (nSPS) is 18.4. The summed E-state index contributed by atoms with van der Waals surface area (Å²) in [7, 11) is 0. The third kappa shape index (κ3) is 6.75.